The lowest BCUT2D eigenvalue weighted by Gasteiger charge is -2.18. The molecule has 0 nitrogen and oxygen atoms in total. The number of halogens is 7. The third-order valence-electron chi connectivity index (χ3n) is 2.84. The van der Waals surface area contributed by atoms with Crippen molar-refractivity contribution in [2.45, 2.75) is 12.3 Å². The normalized spacial score (nSPS) is 11.8. The summed E-state index contributed by atoms with van der Waals surface area (Å²) in [5, 5.41) is 0.249. The van der Waals surface area contributed by atoms with Gasteiger partial charge in [-0.3, -0.25) is 0 Å². The summed E-state index contributed by atoms with van der Waals surface area (Å²) < 4.78 is 67.4. The molecule has 0 aliphatic carbocycles. The minimum absolute atomic E-state index is 0.0655. The number of rotatable bonds is 3. The zero-order valence-corrected chi connectivity index (χ0v) is 11.8. The van der Waals surface area contributed by atoms with Crippen molar-refractivity contribution >= 4 is 23.2 Å². The Morgan fingerprint density at radius 3 is 2.14 bits per heavy atom. The molecule has 7 heteroatoms. The average molecular weight is 341 g/mol. The predicted octanol–water partition coefficient (Wildman–Crippen LogP) is 5.75. The van der Waals surface area contributed by atoms with E-state index in [1.165, 1.54) is 18.2 Å². The minimum Gasteiger partial charge on any atom is -0.204 e. The Labute approximate surface area is 127 Å². The van der Waals surface area contributed by atoms with Crippen LogP contribution in [0.3, 0.4) is 0 Å². The lowest BCUT2D eigenvalue weighted by atomic mass is 9.99. The molecule has 0 saturated heterocycles. The van der Waals surface area contributed by atoms with E-state index in [9.17, 15) is 22.0 Å². The fourth-order valence-corrected chi connectivity index (χ4v) is 2.13. The zero-order chi connectivity index (χ0) is 15.8. The van der Waals surface area contributed by atoms with Crippen molar-refractivity contribution in [3.05, 3.63) is 69.0 Å². The van der Waals surface area contributed by atoms with Crippen LogP contribution in [0, 0.1) is 17.5 Å². The molecule has 0 N–H and O–H groups in total. The number of benzene rings is 2. The molecule has 0 fully saturated rings. The average Bonchev–Trinajstić information content (AvgIpc) is 2.39. The molecule has 0 saturated carbocycles. The van der Waals surface area contributed by atoms with Crippen LogP contribution in [0.25, 0.3) is 0 Å². The summed E-state index contributed by atoms with van der Waals surface area (Å²) in [4.78, 5) is 0. The van der Waals surface area contributed by atoms with Gasteiger partial charge in [0.1, 0.15) is 0 Å². The van der Waals surface area contributed by atoms with E-state index in [1.807, 2.05) is 0 Å². The standard InChI is InChI=1S/C14H7Cl2F5/c15-9-3-1-7(5-10(9)16)6-14(20,21)8-2-4-11(17)13(19)12(8)18/h1-5H,6H2. The molecule has 0 aliphatic heterocycles. The maximum absolute atomic E-state index is 14.0. The SMILES string of the molecule is Fc1ccc(C(F)(F)Cc2ccc(Cl)c(Cl)c2)c(F)c1F. The van der Waals surface area contributed by atoms with E-state index in [4.69, 9.17) is 23.2 Å². The van der Waals surface area contributed by atoms with Gasteiger partial charge >= 0.3 is 0 Å². The highest BCUT2D eigenvalue weighted by Crippen LogP contribution is 2.36. The molecule has 0 bridgehead atoms. The highest BCUT2D eigenvalue weighted by molar-refractivity contribution is 6.42. The first-order valence-electron chi connectivity index (χ1n) is 5.68. The summed E-state index contributed by atoms with van der Waals surface area (Å²) in [6, 6.07) is 4.79. The molecule has 2 aromatic rings. The van der Waals surface area contributed by atoms with Crippen molar-refractivity contribution in [3.63, 3.8) is 0 Å². The summed E-state index contributed by atoms with van der Waals surface area (Å²) in [5.74, 6) is -9.08. The lowest BCUT2D eigenvalue weighted by Crippen LogP contribution is -2.20. The number of hydrogen-bond acceptors (Lipinski definition) is 0. The van der Waals surface area contributed by atoms with Crippen LogP contribution < -0.4 is 0 Å². The van der Waals surface area contributed by atoms with Gasteiger partial charge in [-0.2, -0.15) is 0 Å². The van der Waals surface area contributed by atoms with Crippen molar-refractivity contribution in [2.24, 2.45) is 0 Å². The molecule has 0 spiro atoms. The smallest absolute Gasteiger partial charge is 0.204 e. The first kappa shape index (κ1) is 16.0. The minimum atomic E-state index is -3.73. The van der Waals surface area contributed by atoms with Crippen molar-refractivity contribution in [1.29, 1.82) is 0 Å². The van der Waals surface area contributed by atoms with Crippen LogP contribution in [0.2, 0.25) is 10.0 Å². The molecular formula is C14H7Cl2F5. The third-order valence-corrected chi connectivity index (χ3v) is 3.58. The van der Waals surface area contributed by atoms with Gasteiger partial charge in [-0.05, 0) is 29.8 Å². The lowest BCUT2D eigenvalue weighted by molar-refractivity contribution is -0.00808. The second-order valence-corrected chi connectivity index (χ2v) is 5.17. The van der Waals surface area contributed by atoms with Gasteiger partial charge in [-0.1, -0.05) is 29.3 Å². The van der Waals surface area contributed by atoms with Crippen molar-refractivity contribution in [2.75, 3.05) is 0 Å². The Hall–Kier alpha value is -1.33. The van der Waals surface area contributed by atoms with Gasteiger partial charge in [0.15, 0.2) is 17.5 Å². The second kappa shape index (κ2) is 5.81. The van der Waals surface area contributed by atoms with Gasteiger partial charge in [-0.15, -0.1) is 0 Å². The van der Waals surface area contributed by atoms with E-state index < -0.39 is 35.4 Å². The van der Waals surface area contributed by atoms with Gasteiger partial charge in [-0.25, -0.2) is 22.0 Å². The van der Waals surface area contributed by atoms with Gasteiger partial charge in [0, 0.05) is 6.42 Å². The van der Waals surface area contributed by atoms with Crippen LogP contribution >= 0.6 is 23.2 Å². The highest BCUT2D eigenvalue weighted by atomic mass is 35.5. The molecule has 0 aromatic heterocycles. The quantitative estimate of drug-likeness (QED) is 0.493. The second-order valence-electron chi connectivity index (χ2n) is 4.35. The van der Waals surface area contributed by atoms with Crippen molar-refractivity contribution < 1.29 is 22.0 Å². The van der Waals surface area contributed by atoms with Crippen LogP contribution in [-0.4, -0.2) is 0 Å². The maximum atomic E-state index is 14.0. The molecule has 0 aliphatic rings. The predicted molar refractivity (Wildman–Crippen MR) is 70.4 cm³/mol. The first-order valence-corrected chi connectivity index (χ1v) is 6.43. The Kier molecular flexibility index (Phi) is 4.44. The molecule has 21 heavy (non-hydrogen) atoms. The highest BCUT2D eigenvalue weighted by Gasteiger charge is 2.36. The molecule has 0 radical (unpaired) electrons. The van der Waals surface area contributed by atoms with Gasteiger partial charge < -0.3 is 0 Å². The molecule has 0 unspecified atom stereocenters. The Morgan fingerprint density at radius 2 is 1.52 bits per heavy atom. The molecule has 0 amide bonds. The van der Waals surface area contributed by atoms with E-state index in [1.54, 1.807) is 0 Å². The molecular weight excluding hydrogens is 334 g/mol. The number of alkyl halides is 2. The van der Waals surface area contributed by atoms with E-state index in [0.29, 0.717) is 12.1 Å². The summed E-state index contributed by atoms with van der Waals surface area (Å²) >= 11 is 11.4. The largest absolute Gasteiger partial charge is 0.280 e. The monoisotopic (exact) mass is 340 g/mol. The summed E-state index contributed by atoms with van der Waals surface area (Å²) in [5.41, 5.74) is -1.13. The molecule has 2 aromatic carbocycles. The van der Waals surface area contributed by atoms with E-state index in [-0.39, 0.29) is 15.6 Å². The van der Waals surface area contributed by atoms with E-state index >= 15 is 0 Å². The van der Waals surface area contributed by atoms with Gasteiger partial charge in [0.2, 0.25) is 0 Å². The van der Waals surface area contributed by atoms with Gasteiger partial charge in [0.25, 0.3) is 5.92 Å². The summed E-state index contributed by atoms with van der Waals surface area (Å²) in [7, 11) is 0. The van der Waals surface area contributed by atoms with Crippen molar-refractivity contribution in [1.82, 2.24) is 0 Å². The van der Waals surface area contributed by atoms with Crippen LogP contribution in [0.4, 0.5) is 22.0 Å². The van der Waals surface area contributed by atoms with Crippen LogP contribution in [0.1, 0.15) is 11.1 Å². The van der Waals surface area contributed by atoms with E-state index in [0.717, 1.165) is 0 Å². The first-order chi connectivity index (χ1) is 9.72. The van der Waals surface area contributed by atoms with Crippen LogP contribution in [0.5, 0.6) is 0 Å². The third kappa shape index (κ3) is 3.30. The fourth-order valence-electron chi connectivity index (χ4n) is 1.81. The Morgan fingerprint density at radius 1 is 0.857 bits per heavy atom. The molecule has 0 heterocycles. The van der Waals surface area contributed by atoms with Crippen LogP contribution in [0.15, 0.2) is 30.3 Å². The summed E-state index contributed by atoms with van der Waals surface area (Å²) in [6.07, 6.45) is -0.925. The summed E-state index contributed by atoms with van der Waals surface area (Å²) in [6.45, 7) is 0. The molecule has 0 atom stereocenters. The molecule has 2 rings (SSSR count). The zero-order valence-electron chi connectivity index (χ0n) is 10.2. The van der Waals surface area contributed by atoms with Crippen molar-refractivity contribution in [3.8, 4) is 0 Å². The number of hydrogen-bond donors (Lipinski definition) is 0. The van der Waals surface area contributed by atoms with Gasteiger partial charge in [0.05, 0.1) is 15.6 Å². The molecule has 112 valence electrons. The van der Waals surface area contributed by atoms with E-state index in [2.05, 4.69) is 0 Å². The fraction of sp³-hybridized carbons (Fsp3) is 0.143. The van der Waals surface area contributed by atoms with Crippen LogP contribution in [-0.2, 0) is 12.3 Å². The Bertz CT molecular complexity index is 685. The topological polar surface area (TPSA) is 0 Å². The maximum Gasteiger partial charge on any atom is 0.280 e. The Balaban J connectivity index is 2.38.